The molecule has 0 heterocycles. The Bertz CT molecular complexity index is 1170. The zero-order valence-corrected chi connectivity index (χ0v) is 20.8. The van der Waals surface area contributed by atoms with Gasteiger partial charge in [-0.3, -0.25) is 4.79 Å². The average molecular weight is 498 g/mol. The molecular formula is C22H31N3O6S2. The topological polar surface area (TPSA) is 133 Å². The van der Waals surface area contributed by atoms with Gasteiger partial charge in [0.05, 0.1) is 15.5 Å². The maximum Gasteiger partial charge on any atom is 0.243 e. The van der Waals surface area contributed by atoms with Crippen LogP contribution < -0.4 is 10.0 Å². The molecule has 2 aromatic rings. The molecule has 0 bridgehead atoms. The summed E-state index contributed by atoms with van der Waals surface area (Å²) in [6, 6.07) is 10.1. The number of hydrogen-bond donors (Lipinski definition) is 3. The molecule has 0 aliphatic rings. The molecule has 182 valence electrons. The van der Waals surface area contributed by atoms with Crippen LogP contribution in [0.15, 0.2) is 52.3 Å². The number of benzene rings is 2. The van der Waals surface area contributed by atoms with Crippen molar-refractivity contribution in [1.29, 1.82) is 0 Å². The largest absolute Gasteiger partial charge is 0.506 e. The van der Waals surface area contributed by atoms with Gasteiger partial charge in [-0.25, -0.2) is 21.6 Å². The molecule has 0 saturated heterocycles. The summed E-state index contributed by atoms with van der Waals surface area (Å²) in [4.78, 5) is 12.3. The van der Waals surface area contributed by atoms with E-state index in [-0.39, 0.29) is 53.2 Å². The molecular weight excluding hydrogens is 466 g/mol. The lowest BCUT2D eigenvalue weighted by Crippen LogP contribution is -2.30. The van der Waals surface area contributed by atoms with Gasteiger partial charge in [0.2, 0.25) is 26.0 Å². The van der Waals surface area contributed by atoms with Gasteiger partial charge in [-0.1, -0.05) is 39.8 Å². The Morgan fingerprint density at radius 2 is 1.55 bits per heavy atom. The number of hydrogen-bond acceptors (Lipinski definition) is 6. The van der Waals surface area contributed by atoms with E-state index < -0.39 is 26.0 Å². The lowest BCUT2D eigenvalue weighted by atomic mass is 10.0. The van der Waals surface area contributed by atoms with Crippen molar-refractivity contribution in [2.24, 2.45) is 0 Å². The van der Waals surface area contributed by atoms with Crippen molar-refractivity contribution < 1.29 is 26.7 Å². The summed E-state index contributed by atoms with van der Waals surface area (Å²) in [7, 11) is -7.56. The Hall–Kier alpha value is -2.47. The van der Waals surface area contributed by atoms with E-state index in [1.807, 2.05) is 13.8 Å². The van der Waals surface area contributed by atoms with Gasteiger partial charge in [0.25, 0.3) is 0 Å². The molecule has 0 fully saturated rings. The SMILES string of the molecule is CCN(CC)S(=O)(=O)c1ccc(O)c(NC(=O)CCNS(=O)(=O)c2ccc(C(C)C)cc2)c1. The fraction of sp³-hybridized carbons (Fsp3) is 0.409. The summed E-state index contributed by atoms with van der Waals surface area (Å²) < 4.78 is 53.8. The number of phenols is 1. The number of phenolic OH excluding ortho intramolecular Hbond substituents is 1. The molecule has 0 radical (unpaired) electrons. The second kappa shape index (κ2) is 11.1. The molecule has 11 heteroatoms. The van der Waals surface area contributed by atoms with Crippen LogP contribution in [0, 0.1) is 0 Å². The lowest BCUT2D eigenvalue weighted by molar-refractivity contribution is -0.116. The predicted molar refractivity (Wildman–Crippen MR) is 127 cm³/mol. The highest BCUT2D eigenvalue weighted by Crippen LogP contribution is 2.28. The van der Waals surface area contributed by atoms with Crippen molar-refractivity contribution in [2.45, 2.75) is 49.8 Å². The molecule has 0 atom stereocenters. The van der Waals surface area contributed by atoms with Crippen LogP contribution >= 0.6 is 0 Å². The zero-order valence-electron chi connectivity index (χ0n) is 19.2. The third-order valence-corrected chi connectivity index (χ3v) is 8.61. The average Bonchev–Trinajstić information content (AvgIpc) is 2.75. The molecule has 0 aliphatic heterocycles. The minimum absolute atomic E-state index is 0.0650. The van der Waals surface area contributed by atoms with Crippen molar-refractivity contribution >= 4 is 31.6 Å². The van der Waals surface area contributed by atoms with Gasteiger partial charge in [-0.05, 0) is 41.8 Å². The summed E-state index contributed by atoms with van der Waals surface area (Å²) >= 11 is 0. The summed E-state index contributed by atoms with van der Waals surface area (Å²) in [5, 5.41) is 12.5. The van der Waals surface area contributed by atoms with E-state index >= 15 is 0 Å². The molecule has 1 amide bonds. The molecule has 0 saturated carbocycles. The van der Waals surface area contributed by atoms with Gasteiger partial charge in [0, 0.05) is 26.1 Å². The van der Waals surface area contributed by atoms with Crippen molar-refractivity contribution in [1.82, 2.24) is 9.03 Å². The van der Waals surface area contributed by atoms with E-state index in [9.17, 15) is 26.7 Å². The maximum atomic E-state index is 12.7. The Balaban J connectivity index is 2.03. The normalized spacial score (nSPS) is 12.3. The highest BCUT2D eigenvalue weighted by atomic mass is 32.2. The van der Waals surface area contributed by atoms with Crippen LogP contribution in [0.25, 0.3) is 0 Å². The number of aromatic hydroxyl groups is 1. The third-order valence-electron chi connectivity index (χ3n) is 5.09. The fourth-order valence-electron chi connectivity index (χ4n) is 3.12. The summed E-state index contributed by atoms with van der Waals surface area (Å²) in [5.74, 6) is -0.608. The second-order valence-electron chi connectivity index (χ2n) is 7.69. The van der Waals surface area contributed by atoms with E-state index in [2.05, 4.69) is 10.0 Å². The van der Waals surface area contributed by atoms with E-state index in [1.165, 1.54) is 34.6 Å². The Kier molecular flexibility index (Phi) is 9.01. The van der Waals surface area contributed by atoms with Crippen LogP contribution in [-0.2, 0) is 24.8 Å². The summed E-state index contributed by atoms with van der Waals surface area (Å²) in [5.41, 5.74) is 0.943. The first-order valence-electron chi connectivity index (χ1n) is 10.6. The first-order chi connectivity index (χ1) is 15.4. The number of carbonyl (C=O) groups excluding carboxylic acids is 1. The first kappa shape index (κ1) is 26.8. The quantitative estimate of drug-likeness (QED) is 0.409. The molecule has 33 heavy (non-hydrogen) atoms. The molecule has 3 N–H and O–H groups in total. The van der Waals surface area contributed by atoms with Crippen LogP contribution in [0.4, 0.5) is 5.69 Å². The predicted octanol–water partition coefficient (Wildman–Crippen LogP) is 2.85. The molecule has 0 spiro atoms. The number of nitrogens with one attached hydrogen (secondary N) is 2. The van der Waals surface area contributed by atoms with E-state index in [1.54, 1.807) is 26.0 Å². The smallest absolute Gasteiger partial charge is 0.243 e. The van der Waals surface area contributed by atoms with Gasteiger partial charge in [0.1, 0.15) is 5.75 Å². The first-order valence-corrected chi connectivity index (χ1v) is 13.6. The lowest BCUT2D eigenvalue weighted by Gasteiger charge is -2.19. The molecule has 0 aliphatic carbocycles. The van der Waals surface area contributed by atoms with E-state index in [0.29, 0.717) is 0 Å². The van der Waals surface area contributed by atoms with E-state index in [4.69, 9.17) is 0 Å². The van der Waals surface area contributed by atoms with E-state index in [0.717, 1.165) is 5.56 Å². The molecule has 0 unspecified atom stereocenters. The van der Waals surface area contributed by atoms with Crippen molar-refractivity contribution in [3.8, 4) is 5.75 Å². The Labute approximate surface area is 195 Å². The second-order valence-corrected chi connectivity index (χ2v) is 11.4. The highest BCUT2D eigenvalue weighted by molar-refractivity contribution is 7.89. The number of nitrogens with zero attached hydrogens (tertiary/aromatic N) is 1. The highest BCUT2D eigenvalue weighted by Gasteiger charge is 2.23. The number of rotatable bonds is 11. The van der Waals surface area contributed by atoms with Gasteiger partial charge in [-0.2, -0.15) is 4.31 Å². The summed E-state index contributed by atoms with van der Waals surface area (Å²) in [6.45, 7) is 7.83. The number of amides is 1. The van der Waals surface area contributed by atoms with Gasteiger partial charge in [-0.15, -0.1) is 0 Å². The minimum atomic E-state index is -3.79. The number of anilines is 1. The zero-order chi connectivity index (χ0) is 24.8. The maximum absolute atomic E-state index is 12.7. The van der Waals surface area contributed by atoms with Crippen LogP contribution in [0.5, 0.6) is 5.75 Å². The molecule has 9 nitrogen and oxygen atoms in total. The van der Waals surface area contributed by atoms with Gasteiger partial charge >= 0.3 is 0 Å². The minimum Gasteiger partial charge on any atom is -0.506 e. The molecule has 2 rings (SSSR count). The van der Waals surface area contributed by atoms with Crippen LogP contribution in [0.3, 0.4) is 0 Å². The van der Waals surface area contributed by atoms with Crippen LogP contribution in [0.2, 0.25) is 0 Å². The van der Waals surface area contributed by atoms with Crippen molar-refractivity contribution in [3.05, 3.63) is 48.0 Å². The number of sulfonamides is 2. The van der Waals surface area contributed by atoms with Crippen molar-refractivity contribution in [3.63, 3.8) is 0 Å². The third kappa shape index (κ3) is 6.76. The summed E-state index contributed by atoms with van der Waals surface area (Å²) in [6.07, 6.45) is -0.213. The van der Waals surface area contributed by atoms with Crippen LogP contribution in [-0.4, -0.2) is 51.8 Å². The van der Waals surface area contributed by atoms with Gasteiger partial charge in [0.15, 0.2) is 0 Å². The number of carbonyl (C=O) groups is 1. The van der Waals surface area contributed by atoms with Crippen LogP contribution in [0.1, 0.15) is 45.6 Å². The molecule has 0 aromatic heterocycles. The standard InChI is InChI=1S/C22H31N3O6S2/c1-5-25(6-2)33(30,31)19-11-12-21(26)20(15-19)24-22(27)13-14-23-32(28,29)18-9-7-17(8-10-18)16(3)4/h7-12,15-16,23,26H,5-6,13-14H2,1-4H3,(H,24,27). The molecule has 2 aromatic carbocycles. The Morgan fingerprint density at radius 3 is 2.09 bits per heavy atom. The Morgan fingerprint density at radius 1 is 0.970 bits per heavy atom. The monoisotopic (exact) mass is 497 g/mol. The van der Waals surface area contributed by atoms with Gasteiger partial charge < -0.3 is 10.4 Å². The van der Waals surface area contributed by atoms with Crippen molar-refractivity contribution in [2.75, 3.05) is 25.0 Å². The fourth-order valence-corrected chi connectivity index (χ4v) is 5.63.